The summed E-state index contributed by atoms with van der Waals surface area (Å²) in [5.74, 6) is 1.02. The number of carbonyl (C=O) groups is 1. The van der Waals surface area contributed by atoms with Crippen LogP contribution in [0.25, 0.3) is 0 Å². The zero-order valence-electron chi connectivity index (χ0n) is 14.0. The van der Waals surface area contributed by atoms with Crippen LogP contribution < -0.4 is 4.74 Å². The van der Waals surface area contributed by atoms with Crippen molar-refractivity contribution in [2.24, 2.45) is 0 Å². The summed E-state index contributed by atoms with van der Waals surface area (Å²) in [4.78, 5) is 17.7. The van der Waals surface area contributed by atoms with Gasteiger partial charge in [0, 0.05) is 37.2 Å². The smallest absolute Gasteiger partial charge is 0.264 e. The van der Waals surface area contributed by atoms with Crippen LogP contribution in [0.5, 0.6) is 5.75 Å². The van der Waals surface area contributed by atoms with Crippen LogP contribution >= 0.6 is 43.2 Å². The number of benzene rings is 1. The van der Waals surface area contributed by atoms with E-state index in [1.165, 1.54) is 16.9 Å². The second-order valence-electron chi connectivity index (χ2n) is 5.96. The molecule has 4 nitrogen and oxygen atoms in total. The zero-order valence-corrected chi connectivity index (χ0v) is 18.0. The van der Waals surface area contributed by atoms with Crippen LogP contribution in [0.2, 0.25) is 0 Å². The SMILES string of the molecule is COc1ccc(CCN2CCN(C(=O)c3cc(Br)c(Br)s3)CC2)cc1. The second-order valence-corrected chi connectivity index (χ2v) is 9.19. The van der Waals surface area contributed by atoms with E-state index in [2.05, 4.69) is 48.9 Å². The molecule has 2 aromatic rings. The lowest BCUT2D eigenvalue weighted by atomic mass is 10.1. The third-order valence-electron chi connectivity index (χ3n) is 4.39. The Kier molecular flexibility index (Phi) is 6.55. The van der Waals surface area contributed by atoms with Crippen molar-refractivity contribution in [1.29, 1.82) is 0 Å². The van der Waals surface area contributed by atoms with Crippen molar-refractivity contribution in [3.8, 4) is 5.75 Å². The first-order chi connectivity index (χ1) is 12.1. The van der Waals surface area contributed by atoms with Crippen LogP contribution in [-0.2, 0) is 6.42 Å². The summed E-state index contributed by atoms with van der Waals surface area (Å²) in [5, 5.41) is 0. The topological polar surface area (TPSA) is 32.8 Å². The normalized spacial score (nSPS) is 15.4. The van der Waals surface area contributed by atoms with Crippen LogP contribution in [0.1, 0.15) is 15.2 Å². The summed E-state index contributed by atoms with van der Waals surface area (Å²) in [5.41, 5.74) is 1.31. The van der Waals surface area contributed by atoms with Gasteiger partial charge in [0.05, 0.1) is 15.8 Å². The minimum Gasteiger partial charge on any atom is -0.497 e. The third kappa shape index (κ3) is 4.84. The Bertz CT molecular complexity index is 706. The monoisotopic (exact) mass is 486 g/mol. The van der Waals surface area contributed by atoms with Gasteiger partial charge in [-0.25, -0.2) is 0 Å². The van der Waals surface area contributed by atoms with Crippen LogP contribution in [-0.4, -0.2) is 55.5 Å². The molecule has 1 aromatic carbocycles. The third-order valence-corrected chi connectivity index (χ3v) is 7.64. The van der Waals surface area contributed by atoms with Crippen molar-refractivity contribution in [2.45, 2.75) is 6.42 Å². The molecule has 1 aliphatic rings. The van der Waals surface area contributed by atoms with Crippen molar-refractivity contribution in [2.75, 3.05) is 39.8 Å². The number of amides is 1. The molecule has 3 rings (SSSR count). The van der Waals surface area contributed by atoms with E-state index >= 15 is 0 Å². The average molecular weight is 488 g/mol. The van der Waals surface area contributed by atoms with Crippen molar-refractivity contribution >= 4 is 49.1 Å². The predicted molar refractivity (Wildman–Crippen MR) is 109 cm³/mol. The fourth-order valence-electron chi connectivity index (χ4n) is 2.86. The molecule has 2 heterocycles. The van der Waals surface area contributed by atoms with Gasteiger partial charge in [0.2, 0.25) is 0 Å². The molecule has 0 aliphatic carbocycles. The highest BCUT2D eigenvalue weighted by atomic mass is 79.9. The number of carbonyl (C=O) groups excluding carboxylic acids is 1. The number of piperazine rings is 1. The Hall–Kier alpha value is -0.890. The Morgan fingerprint density at radius 1 is 1.16 bits per heavy atom. The fraction of sp³-hybridized carbons (Fsp3) is 0.389. The predicted octanol–water partition coefficient (Wildman–Crippen LogP) is 4.28. The number of halogens is 2. The van der Waals surface area contributed by atoms with Crippen molar-refractivity contribution in [3.05, 3.63) is 49.0 Å². The second kappa shape index (κ2) is 8.66. The molecule has 0 bridgehead atoms. The van der Waals surface area contributed by atoms with Gasteiger partial charge in [0.15, 0.2) is 0 Å². The van der Waals surface area contributed by atoms with Crippen LogP contribution in [0, 0.1) is 0 Å². The molecule has 7 heteroatoms. The van der Waals surface area contributed by atoms with E-state index in [9.17, 15) is 4.79 Å². The molecule has 0 spiro atoms. The Morgan fingerprint density at radius 3 is 2.40 bits per heavy atom. The summed E-state index contributed by atoms with van der Waals surface area (Å²) in [6.45, 7) is 4.44. The van der Waals surface area contributed by atoms with Gasteiger partial charge in [-0.05, 0) is 62.0 Å². The average Bonchev–Trinajstić information content (AvgIpc) is 2.99. The van der Waals surface area contributed by atoms with Crippen LogP contribution in [0.15, 0.2) is 38.6 Å². The molecule has 25 heavy (non-hydrogen) atoms. The standard InChI is InChI=1S/C18H20Br2N2O2S/c1-24-14-4-2-13(3-5-14)6-7-21-8-10-22(11-9-21)18(23)16-12-15(19)17(20)25-16/h2-5,12H,6-11H2,1H3. The molecular weight excluding hydrogens is 468 g/mol. The minimum absolute atomic E-state index is 0.131. The lowest BCUT2D eigenvalue weighted by Gasteiger charge is -2.34. The van der Waals surface area contributed by atoms with E-state index in [4.69, 9.17) is 4.74 Å². The fourth-order valence-corrected chi connectivity index (χ4v) is 4.87. The molecule has 0 atom stereocenters. The maximum Gasteiger partial charge on any atom is 0.264 e. The summed E-state index contributed by atoms with van der Waals surface area (Å²) in [6.07, 6.45) is 1.02. The number of methoxy groups -OCH3 is 1. The maximum atomic E-state index is 12.6. The van der Waals surface area contributed by atoms with E-state index in [1.54, 1.807) is 7.11 Å². The number of nitrogens with zero attached hydrogens (tertiary/aromatic N) is 2. The molecule has 134 valence electrons. The van der Waals surface area contributed by atoms with Gasteiger partial charge in [0.1, 0.15) is 5.75 Å². The summed E-state index contributed by atoms with van der Waals surface area (Å²) in [7, 11) is 1.68. The number of ether oxygens (including phenoxy) is 1. The van der Waals surface area contributed by atoms with Gasteiger partial charge in [-0.1, -0.05) is 12.1 Å². The van der Waals surface area contributed by atoms with E-state index in [0.717, 1.165) is 58.0 Å². The van der Waals surface area contributed by atoms with Crippen molar-refractivity contribution in [3.63, 3.8) is 0 Å². The van der Waals surface area contributed by atoms with Gasteiger partial charge >= 0.3 is 0 Å². The highest BCUT2D eigenvalue weighted by Gasteiger charge is 2.23. The number of thiophene rings is 1. The van der Waals surface area contributed by atoms with Crippen LogP contribution in [0.3, 0.4) is 0 Å². The highest BCUT2D eigenvalue weighted by molar-refractivity contribution is 9.13. The molecule has 1 aliphatic heterocycles. The molecule has 0 saturated carbocycles. The Labute approximate surface area is 169 Å². The van der Waals surface area contributed by atoms with Crippen molar-refractivity contribution in [1.82, 2.24) is 9.80 Å². The molecular formula is C18H20Br2N2O2S. The number of hydrogen-bond donors (Lipinski definition) is 0. The molecule has 1 amide bonds. The first-order valence-electron chi connectivity index (χ1n) is 8.16. The molecule has 1 saturated heterocycles. The van der Waals surface area contributed by atoms with Gasteiger partial charge in [-0.15, -0.1) is 11.3 Å². The van der Waals surface area contributed by atoms with Crippen molar-refractivity contribution < 1.29 is 9.53 Å². The minimum atomic E-state index is 0.131. The molecule has 1 fully saturated rings. The quantitative estimate of drug-likeness (QED) is 0.630. The zero-order chi connectivity index (χ0) is 17.8. The van der Waals surface area contributed by atoms with Gasteiger partial charge < -0.3 is 9.64 Å². The van der Waals surface area contributed by atoms with Gasteiger partial charge in [-0.2, -0.15) is 0 Å². The maximum absolute atomic E-state index is 12.6. The Morgan fingerprint density at radius 2 is 1.84 bits per heavy atom. The largest absolute Gasteiger partial charge is 0.497 e. The van der Waals surface area contributed by atoms with Gasteiger partial charge in [-0.3, -0.25) is 9.69 Å². The first kappa shape index (κ1) is 18.9. The Balaban J connectivity index is 1.47. The molecule has 0 unspecified atom stereocenters. The lowest BCUT2D eigenvalue weighted by molar-refractivity contribution is 0.0643. The first-order valence-corrected chi connectivity index (χ1v) is 10.6. The molecule has 0 N–H and O–H groups in total. The summed E-state index contributed by atoms with van der Waals surface area (Å²) < 4.78 is 7.10. The molecule has 1 aromatic heterocycles. The van der Waals surface area contributed by atoms with E-state index in [0.29, 0.717) is 0 Å². The van der Waals surface area contributed by atoms with Crippen LogP contribution in [0.4, 0.5) is 0 Å². The number of hydrogen-bond acceptors (Lipinski definition) is 4. The van der Waals surface area contributed by atoms with E-state index in [-0.39, 0.29) is 5.91 Å². The van der Waals surface area contributed by atoms with E-state index < -0.39 is 0 Å². The van der Waals surface area contributed by atoms with E-state index in [1.807, 2.05) is 23.1 Å². The highest BCUT2D eigenvalue weighted by Crippen LogP contribution is 2.33. The lowest BCUT2D eigenvalue weighted by Crippen LogP contribution is -2.48. The summed E-state index contributed by atoms with van der Waals surface area (Å²) >= 11 is 8.38. The summed E-state index contributed by atoms with van der Waals surface area (Å²) in [6, 6.07) is 10.1. The van der Waals surface area contributed by atoms with Gasteiger partial charge in [0.25, 0.3) is 5.91 Å². The molecule has 0 radical (unpaired) electrons. The number of rotatable bonds is 5.